The Kier molecular flexibility index (Phi) is 6.29. The van der Waals surface area contributed by atoms with E-state index in [2.05, 4.69) is 15.9 Å². The van der Waals surface area contributed by atoms with Crippen molar-refractivity contribution in [3.8, 4) is 0 Å². The number of ether oxygens (including phenoxy) is 3. The second-order valence-electron chi connectivity index (χ2n) is 8.47. The number of morpholine rings is 1. The molecule has 1 atom stereocenters. The number of hydrogen-bond acceptors (Lipinski definition) is 7. The molecule has 3 saturated heterocycles. The molecule has 30 heavy (non-hydrogen) atoms. The molecule has 3 fully saturated rings. The van der Waals surface area contributed by atoms with Gasteiger partial charge in [-0.15, -0.1) is 0 Å². The topological polar surface area (TPSA) is 60.0 Å². The van der Waals surface area contributed by atoms with Gasteiger partial charge in [-0.25, -0.2) is 9.97 Å². The average molecular weight is 413 g/mol. The molecule has 2 aromatic rings. The first-order valence-electron chi connectivity index (χ1n) is 11.4. The standard InChI is InChI=1S/C23H32N4O3/c1-2-7-21-20(6-1)24-22(23(25-21)27-12-15-28-16-13-27)26-10-8-18(9-11-26)30-17-19-5-3-4-14-29-19/h1-2,6-7,18-19H,3-5,8-17H2. The van der Waals surface area contributed by atoms with Crippen LogP contribution in [-0.4, -0.2) is 74.8 Å². The lowest BCUT2D eigenvalue weighted by Crippen LogP contribution is -2.42. The van der Waals surface area contributed by atoms with Gasteiger partial charge in [-0.2, -0.15) is 0 Å². The zero-order valence-electron chi connectivity index (χ0n) is 17.7. The molecule has 3 aliphatic heterocycles. The van der Waals surface area contributed by atoms with Gasteiger partial charge >= 0.3 is 0 Å². The van der Waals surface area contributed by atoms with Gasteiger partial charge in [0.25, 0.3) is 0 Å². The van der Waals surface area contributed by atoms with E-state index in [9.17, 15) is 0 Å². The van der Waals surface area contributed by atoms with Crippen LogP contribution < -0.4 is 9.80 Å². The van der Waals surface area contributed by atoms with E-state index in [1.807, 2.05) is 18.2 Å². The van der Waals surface area contributed by atoms with Gasteiger partial charge in [-0.3, -0.25) is 0 Å². The number of nitrogens with zero attached hydrogens (tertiary/aromatic N) is 4. The number of benzene rings is 1. The van der Waals surface area contributed by atoms with Gasteiger partial charge < -0.3 is 24.0 Å². The third-order valence-corrected chi connectivity index (χ3v) is 6.38. The monoisotopic (exact) mass is 412 g/mol. The van der Waals surface area contributed by atoms with E-state index in [1.54, 1.807) is 0 Å². The lowest BCUT2D eigenvalue weighted by molar-refractivity contribution is -0.0672. The molecular weight excluding hydrogens is 380 g/mol. The molecule has 7 nitrogen and oxygen atoms in total. The Morgan fingerprint density at radius 3 is 2.13 bits per heavy atom. The van der Waals surface area contributed by atoms with Crippen LogP contribution in [0.1, 0.15) is 32.1 Å². The molecule has 1 unspecified atom stereocenters. The minimum Gasteiger partial charge on any atom is -0.378 e. The number of rotatable bonds is 5. The third kappa shape index (κ3) is 4.53. The quantitative estimate of drug-likeness (QED) is 0.748. The molecule has 0 N–H and O–H groups in total. The first-order chi connectivity index (χ1) is 14.9. The van der Waals surface area contributed by atoms with E-state index >= 15 is 0 Å². The van der Waals surface area contributed by atoms with Gasteiger partial charge in [0.1, 0.15) is 0 Å². The van der Waals surface area contributed by atoms with Crippen LogP contribution in [0.3, 0.4) is 0 Å². The molecule has 1 aromatic heterocycles. The Hall–Kier alpha value is -1.96. The highest BCUT2D eigenvalue weighted by atomic mass is 16.5. The molecule has 0 saturated carbocycles. The van der Waals surface area contributed by atoms with E-state index in [0.29, 0.717) is 6.10 Å². The van der Waals surface area contributed by atoms with E-state index < -0.39 is 0 Å². The highest BCUT2D eigenvalue weighted by molar-refractivity contribution is 5.81. The fourth-order valence-electron chi connectivity index (χ4n) is 4.60. The molecule has 0 spiro atoms. The van der Waals surface area contributed by atoms with Gasteiger partial charge in [-0.05, 0) is 44.2 Å². The summed E-state index contributed by atoms with van der Waals surface area (Å²) in [5.74, 6) is 2.00. The van der Waals surface area contributed by atoms with Gasteiger partial charge in [-0.1, -0.05) is 12.1 Å². The average Bonchev–Trinajstić information content (AvgIpc) is 2.83. The molecule has 0 radical (unpaired) electrons. The SMILES string of the molecule is c1ccc2nc(N3CCC(OCC4CCCCO4)CC3)c(N3CCOCC3)nc2c1. The lowest BCUT2D eigenvalue weighted by Gasteiger charge is -2.36. The Labute approximate surface area is 178 Å². The normalized spacial score (nSPS) is 23.8. The maximum absolute atomic E-state index is 6.21. The van der Waals surface area contributed by atoms with Crippen LogP contribution in [0.2, 0.25) is 0 Å². The second kappa shape index (κ2) is 9.45. The fourth-order valence-corrected chi connectivity index (χ4v) is 4.60. The molecule has 1 aromatic carbocycles. The highest BCUT2D eigenvalue weighted by Gasteiger charge is 2.27. The summed E-state index contributed by atoms with van der Waals surface area (Å²) in [5.41, 5.74) is 1.91. The number of anilines is 2. The maximum Gasteiger partial charge on any atom is 0.172 e. The summed E-state index contributed by atoms with van der Waals surface area (Å²) in [7, 11) is 0. The first-order valence-corrected chi connectivity index (χ1v) is 11.4. The number of para-hydroxylation sites is 2. The van der Waals surface area contributed by atoms with Crippen molar-refractivity contribution in [1.82, 2.24) is 9.97 Å². The Bertz CT molecular complexity index is 828. The van der Waals surface area contributed by atoms with Crippen molar-refractivity contribution in [3.63, 3.8) is 0 Å². The smallest absolute Gasteiger partial charge is 0.172 e. The van der Waals surface area contributed by atoms with Crippen LogP contribution in [0.4, 0.5) is 11.6 Å². The van der Waals surface area contributed by atoms with Crippen molar-refractivity contribution < 1.29 is 14.2 Å². The summed E-state index contributed by atoms with van der Waals surface area (Å²) in [5, 5.41) is 0. The predicted octanol–water partition coefficient (Wildman–Crippen LogP) is 3.02. The number of piperidine rings is 1. The molecular formula is C23H32N4O3. The maximum atomic E-state index is 6.21. The van der Waals surface area contributed by atoms with Crippen molar-refractivity contribution in [2.45, 2.75) is 44.3 Å². The van der Waals surface area contributed by atoms with Crippen molar-refractivity contribution in [2.24, 2.45) is 0 Å². The summed E-state index contributed by atoms with van der Waals surface area (Å²) in [6.07, 6.45) is 6.22. The number of hydrogen-bond donors (Lipinski definition) is 0. The zero-order valence-corrected chi connectivity index (χ0v) is 17.7. The number of aromatic nitrogens is 2. The highest BCUT2D eigenvalue weighted by Crippen LogP contribution is 2.31. The molecule has 0 aliphatic carbocycles. The van der Waals surface area contributed by atoms with E-state index in [1.165, 1.54) is 12.8 Å². The number of fused-ring (bicyclic) bond motifs is 1. The third-order valence-electron chi connectivity index (χ3n) is 6.38. The lowest BCUT2D eigenvalue weighted by atomic mass is 10.1. The van der Waals surface area contributed by atoms with Crippen molar-refractivity contribution in [2.75, 3.05) is 62.4 Å². The van der Waals surface area contributed by atoms with Gasteiger partial charge in [0.2, 0.25) is 0 Å². The van der Waals surface area contributed by atoms with Crippen molar-refractivity contribution in [3.05, 3.63) is 24.3 Å². The molecule has 5 rings (SSSR count). The van der Waals surface area contributed by atoms with Crippen LogP contribution in [0, 0.1) is 0 Å². The zero-order chi connectivity index (χ0) is 20.2. The Morgan fingerprint density at radius 1 is 0.833 bits per heavy atom. The second-order valence-corrected chi connectivity index (χ2v) is 8.47. The van der Waals surface area contributed by atoms with E-state index in [4.69, 9.17) is 24.2 Å². The summed E-state index contributed by atoms with van der Waals surface area (Å²) in [6.45, 7) is 6.72. The molecule has 162 valence electrons. The van der Waals surface area contributed by atoms with Crippen LogP contribution in [-0.2, 0) is 14.2 Å². The summed E-state index contributed by atoms with van der Waals surface area (Å²) in [4.78, 5) is 14.8. The summed E-state index contributed by atoms with van der Waals surface area (Å²) in [6, 6.07) is 8.15. The van der Waals surface area contributed by atoms with Crippen LogP contribution in [0.15, 0.2) is 24.3 Å². The molecule has 3 aliphatic rings. The Balaban J connectivity index is 1.28. The van der Waals surface area contributed by atoms with E-state index in [0.717, 1.165) is 94.5 Å². The van der Waals surface area contributed by atoms with E-state index in [-0.39, 0.29) is 6.10 Å². The molecule has 7 heteroatoms. The van der Waals surface area contributed by atoms with Crippen LogP contribution in [0.25, 0.3) is 11.0 Å². The fraction of sp³-hybridized carbons (Fsp3) is 0.652. The van der Waals surface area contributed by atoms with Gasteiger partial charge in [0.05, 0.1) is 43.1 Å². The summed E-state index contributed by atoms with van der Waals surface area (Å²) >= 11 is 0. The minimum absolute atomic E-state index is 0.288. The molecule has 0 amide bonds. The predicted molar refractivity (Wildman–Crippen MR) is 117 cm³/mol. The molecule has 4 heterocycles. The largest absolute Gasteiger partial charge is 0.378 e. The summed E-state index contributed by atoms with van der Waals surface area (Å²) < 4.78 is 17.6. The first kappa shape index (κ1) is 20.0. The van der Waals surface area contributed by atoms with Crippen LogP contribution in [0.5, 0.6) is 0 Å². The minimum atomic E-state index is 0.288. The Morgan fingerprint density at radius 2 is 1.50 bits per heavy atom. The molecule has 0 bridgehead atoms. The van der Waals surface area contributed by atoms with Gasteiger partial charge in [0, 0.05) is 32.8 Å². The van der Waals surface area contributed by atoms with Crippen molar-refractivity contribution >= 4 is 22.7 Å². The van der Waals surface area contributed by atoms with Crippen molar-refractivity contribution in [1.29, 1.82) is 0 Å². The van der Waals surface area contributed by atoms with Crippen LogP contribution >= 0.6 is 0 Å². The van der Waals surface area contributed by atoms with Gasteiger partial charge in [0.15, 0.2) is 11.6 Å².